The molecule has 1 saturated heterocycles. The van der Waals surface area contributed by atoms with Crippen LogP contribution in [0, 0.1) is 0 Å². The zero-order chi connectivity index (χ0) is 14.1. The molecule has 0 spiro atoms. The van der Waals surface area contributed by atoms with Crippen molar-refractivity contribution in [2.75, 3.05) is 52.9 Å². The lowest BCUT2D eigenvalue weighted by Gasteiger charge is -2.34. The minimum Gasteiger partial charge on any atom is -0.355 e. The third-order valence-corrected chi connectivity index (χ3v) is 3.28. The third kappa shape index (κ3) is 6.02. The van der Waals surface area contributed by atoms with Crippen LogP contribution in [-0.4, -0.2) is 74.5 Å². The quantitative estimate of drug-likeness (QED) is 0.599. The van der Waals surface area contributed by atoms with Crippen LogP contribution < -0.4 is 10.6 Å². The van der Waals surface area contributed by atoms with Crippen molar-refractivity contribution in [3.63, 3.8) is 0 Å². The van der Waals surface area contributed by atoms with Gasteiger partial charge >= 0.3 is 0 Å². The predicted molar refractivity (Wildman–Crippen MR) is 74.9 cm³/mol. The summed E-state index contributed by atoms with van der Waals surface area (Å²) in [6, 6.07) is 0. The summed E-state index contributed by atoms with van der Waals surface area (Å²) in [5.41, 5.74) is 0. The second-order valence-corrected chi connectivity index (χ2v) is 4.82. The number of carbonyl (C=O) groups excluding carboxylic acids is 2. The molecule has 1 fully saturated rings. The molecular weight excluding hydrogens is 244 g/mol. The first-order chi connectivity index (χ1) is 9.17. The number of nitrogens with zero attached hydrogens (tertiary/aromatic N) is 2. The largest absolute Gasteiger partial charge is 0.355 e. The van der Waals surface area contributed by atoms with Crippen LogP contribution in [0.4, 0.5) is 0 Å². The number of rotatable bonds is 7. The van der Waals surface area contributed by atoms with E-state index < -0.39 is 0 Å². The van der Waals surface area contributed by atoms with Gasteiger partial charge in [0.05, 0.1) is 6.54 Å². The van der Waals surface area contributed by atoms with E-state index in [1.54, 1.807) is 0 Å². The monoisotopic (exact) mass is 270 g/mol. The number of carbonyl (C=O) groups is 2. The second kappa shape index (κ2) is 8.87. The number of amides is 2. The zero-order valence-electron chi connectivity index (χ0n) is 12.1. The van der Waals surface area contributed by atoms with Crippen LogP contribution in [0.1, 0.15) is 19.8 Å². The molecule has 2 amide bonds. The molecule has 0 aromatic rings. The molecule has 1 heterocycles. The van der Waals surface area contributed by atoms with E-state index in [9.17, 15) is 9.59 Å². The molecule has 0 aliphatic carbocycles. The summed E-state index contributed by atoms with van der Waals surface area (Å²) in [5.74, 6) is 0.296. The van der Waals surface area contributed by atoms with Gasteiger partial charge in [0, 0.05) is 39.1 Å². The number of nitrogens with one attached hydrogen (secondary N) is 2. The first-order valence-electron chi connectivity index (χ1n) is 7.08. The summed E-state index contributed by atoms with van der Waals surface area (Å²) in [5, 5.41) is 5.84. The molecule has 1 rings (SSSR count). The van der Waals surface area contributed by atoms with Gasteiger partial charge in [-0.05, 0) is 26.9 Å². The fourth-order valence-corrected chi connectivity index (χ4v) is 2.19. The highest BCUT2D eigenvalue weighted by Crippen LogP contribution is 2.04. The van der Waals surface area contributed by atoms with Crippen molar-refractivity contribution in [3.8, 4) is 0 Å². The smallest absolute Gasteiger partial charge is 0.234 e. The van der Waals surface area contributed by atoms with Gasteiger partial charge in [0.25, 0.3) is 0 Å². The number of likely N-dealkylation sites (N-methyl/N-ethyl adjacent to an activating group) is 1. The Morgan fingerprint density at radius 2 is 1.84 bits per heavy atom. The Hall–Kier alpha value is -1.14. The molecule has 0 aromatic carbocycles. The molecule has 110 valence electrons. The van der Waals surface area contributed by atoms with E-state index in [-0.39, 0.29) is 11.8 Å². The molecule has 0 bridgehead atoms. The topological polar surface area (TPSA) is 64.7 Å². The van der Waals surface area contributed by atoms with E-state index in [4.69, 9.17) is 0 Å². The highest BCUT2D eigenvalue weighted by molar-refractivity contribution is 5.78. The van der Waals surface area contributed by atoms with Crippen LogP contribution in [0.3, 0.4) is 0 Å². The predicted octanol–water partition coefficient (Wildman–Crippen LogP) is -0.734. The van der Waals surface area contributed by atoms with Crippen molar-refractivity contribution in [2.45, 2.75) is 19.8 Å². The van der Waals surface area contributed by atoms with Crippen LogP contribution >= 0.6 is 0 Å². The molecule has 6 heteroatoms. The molecule has 0 unspecified atom stereocenters. The fourth-order valence-electron chi connectivity index (χ4n) is 2.19. The molecule has 0 saturated carbocycles. The Morgan fingerprint density at radius 1 is 1.16 bits per heavy atom. The molecular formula is C13H26N4O2. The maximum absolute atomic E-state index is 11.9. The van der Waals surface area contributed by atoms with E-state index in [0.717, 1.165) is 39.1 Å². The van der Waals surface area contributed by atoms with Gasteiger partial charge in [-0.1, -0.05) is 0 Å². The summed E-state index contributed by atoms with van der Waals surface area (Å²) in [4.78, 5) is 27.4. The number of hydrogen-bond acceptors (Lipinski definition) is 4. The molecule has 0 atom stereocenters. The van der Waals surface area contributed by atoms with Gasteiger partial charge in [0.2, 0.25) is 11.8 Å². The lowest BCUT2D eigenvalue weighted by molar-refractivity contribution is -0.133. The van der Waals surface area contributed by atoms with E-state index >= 15 is 0 Å². The van der Waals surface area contributed by atoms with E-state index in [0.29, 0.717) is 19.5 Å². The molecule has 2 N–H and O–H groups in total. The van der Waals surface area contributed by atoms with Crippen molar-refractivity contribution in [3.05, 3.63) is 0 Å². The Kier molecular flexibility index (Phi) is 7.43. The molecule has 0 aromatic heterocycles. The van der Waals surface area contributed by atoms with Crippen molar-refractivity contribution in [1.82, 2.24) is 20.4 Å². The first-order valence-corrected chi connectivity index (χ1v) is 7.08. The Morgan fingerprint density at radius 3 is 2.42 bits per heavy atom. The molecule has 0 radical (unpaired) electrons. The van der Waals surface area contributed by atoms with Crippen LogP contribution in [0.5, 0.6) is 0 Å². The minimum atomic E-state index is 0.0660. The maximum atomic E-state index is 11.9. The fraction of sp³-hybridized carbons (Fsp3) is 0.846. The Balaban J connectivity index is 2.21. The standard InChI is InChI=1S/C13H26N4O2/c1-3-15-12(18)11-16-7-9-17(10-8-16)13(19)5-4-6-14-2/h14H,3-11H2,1-2H3,(H,15,18). The van der Waals surface area contributed by atoms with Gasteiger partial charge in [-0.15, -0.1) is 0 Å². The van der Waals surface area contributed by atoms with Crippen molar-refractivity contribution < 1.29 is 9.59 Å². The van der Waals surface area contributed by atoms with Gasteiger partial charge in [0.1, 0.15) is 0 Å². The SMILES string of the molecule is CCNC(=O)CN1CCN(C(=O)CCCNC)CC1. The van der Waals surface area contributed by atoms with Crippen molar-refractivity contribution in [1.29, 1.82) is 0 Å². The summed E-state index contributed by atoms with van der Waals surface area (Å²) in [6.45, 7) is 6.94. The van der Waals surface area contributed by atoms with E-state index in [1.165, 1.54) is 0 Å². The van der Waals surface area contributed by atoms with Crippen molar-refractivity contribution in [2.24, 2.45) is 0 Å². The van der Waals surface area contributed by atoms with Gasteiger partial charge in [-0.3, -0.25) is 14.5 Å². The molecule has 1 aliphatic heterocycles. The van der Waals surface area contributed by atoms with Gasteiger partial charge in [-0.2, -0.15) is 0 Å². The average molecular weight is 270 g/mol. The zero-order valence-corrected chi connectivity index (χ0v) is 12.1. The minimum absolute atomic E-state index is 0.0660. The van der Waals surface area contributed by atoms with Gasteiger partial charge in [-0.25, -0.2) is 0 Å². The van der Waals surface area contributed by atoms with Crippen LogP contribution in [0.2, 0.25) is 0 Å². The number of piperazine rings is 1. The highest BCUT2D eigenvalue weighted by Gasteiger charge is 2.21. The Labute approximate surface area is 115 Å². The summed E-state index contributed by atoms with van der Waals surface area (Å²) in [7, 11) is 1.89. The molecule has 6 nitrogen and oxygen atoms in total. The van der Waals surface area contributed by atoms with E-state index in [1.807, 2.05) is 18.9 Å². The lowest BCUT2D eigenvalue weighted by atomic mass is 10.2. The molecule has 1 aliphatic rings. The number of hydrogen-bond donors (Lipinski definition) is 2. The summed E-state index contributed by atoms with van der Waals surface area (Å²) in [6.07, 6.45) is 1.49. The van der Waals surface area contributed by atoms with Crippen LogP contribution in [-0.2, 0) is 9.59 Å². The second-order valence-electron chi connectivity index (χ2n) is 4.82. The highest BCUT2D eigenvalue weighted by atomic mass is 16.2. The summed E-state index contributed by atoms with van der Waals surface area (Å²) < 4.78 is 0. The van der Waals surface area contributed by atoms with Gasteiger partial charge in [0.15, 0.2) is 0 Å². The van der Waals surface area contributed by atoms with Crippen LogP contribution in [0.25, 0.3) is 0 Å². The van der Waals surface area contributed by atoms with Crippen molar-refractivity contribution >= 4 is 11.8 Å². The first kappa shape index (κ1) is 15.9. The molecule has 19 heavy (non-hydrogen) atoms. The van der Waals surface area contributed by atoms with Gasteiger partial charge < -0.3 is 15.5 Å². The third-order valence-electron chi connectivity index (χ3n) is 3.28. The average Bonchev–Trinajstić information content (AvgIpc) is 2.40. The lowest BCUT2D eigenvalue weighted by Crippen LogP contribution is -2.51. The normalized spacial score (nSPS) is 16.4. The Bertz CT molecular complexity index is 288. The van der Waals surface area contributed by atoms with E-state index in [2.05, 4.69) is 15.5 Å². The maximum Gasteiger partial charge on any atom is 0.234 e. The van der Waals surface area contributed by atoms with Crippen LogP contribution in [0.15, 0.2) is 0 Å². The summed E-state index contributed by atoms with van der Waals surface area (Å²) >= 11 is 0.